The summed E-state index contributed by atoms with van der Waals surface area (Å²) in [4.78, 5) is 9.16. The molecule has 0 spiro atoms. The lowest BCUT2D eigenvalue weighted by molar-refractivity contribution is 0.572. The van der Waals surface area contributed by atoms with Crippen LogP contribution in [0.25, 0.3) is 10.6 Å². The molecule has 0 saturated carbocycles. The fourth-order valence-electron chi connectivity index (χ4n) is 1.07. The zero-order chi connectivity index (χ0) is 9.26. The van der Waals surface area contributed by atoms with Crippen LogP contribution in [0, 0.1) is 6.92 Å². The topological polar surface area (TPSA) is 38.9 Å². The van der Waals surface area contributed by atoms with Gasteiger partial charge >= 0.3 is 0 Å². The van der Waals surface area contributed by atoms with Crippen LogP contribution >= 0.6 is 22.9 Å². The van der Waals surface area contributed by atoms with Crippen molar-refractivity contribution >= 4 is 22.9 Å². The smallest absolute Gasteiger partial charge is 0.181 e. The second-order valence-electron chi connectivity index (χ2n) is 2.53. The first-order valence-corrected chi connectivity index (χ1v) is 5.13. The maximum Gasteiger partial charge on any atom is 0.181 e. The highest BCUT2D eigenvalue weighted by molar-refractivity contribution is 7.13. The highest BCUT2D eigenvalue weighted by Crippen LogP contribution is 2.30. The average Bonchev–Trinajstić information content (AvgIpc) is 2.71. The summed E-state index contributed by atoms with van der Waals surface area (Å²) in [5.74, 6) is 1.11. The van der Waals surface area contributed by atoms with E-state index in [-0.39, 0.29) is 0 Å². The molecule has 0 aliphatic rings. The van der Waals surface area contributed by atoms with Gasteiger partial charge < -0.3 is 4.42 Å². The molecule has 0 bridgehead atoms. The molecular weight excluding hydrogens is 208 g/mol. The standard InChI is InChI=1S/C8H7ClN2OS/c1-5-8(13-4-11-5)7-6(2-9)10-3-12-7/h3-4H,2H2,1H3. The van der Waals surface area contributed by atoms with Crippen LogP contribution in [0.4, 0.5) is 0 Å². The minimum atomic E-state index is 0.364. The Morgan fingerprint density at radius 3 is 3.00 bits per heavy atom. The van der Waals surface area contributed by atoms with Crippen LogP contribution in [0.2, 0.25) is 0 Å². The number of thiazole rings is 1. The summed E-state index contributed by atoms with van der Waals surface area (Å²) in [5.41, 5.74) is 3.51. The van der Waals surface area contributed by atoms with Crippen molar-refractivity contribution < 1.29 is 4.42 Å². The summed E-state index contributed by atoms with van der Waals surface area (Å²) < 4.78 is 5.26. The summed E-state index contributed by atoms with van der Waals surface area (Å²) in [6, 6.07) is 0. The third-order valence-electron chi connectivity index (χ3n) is 1.72. The lowest BCUT2D eigenvalue weighted by Crippen LogP contribution is -1.82. The number of hydrogen-bond donors (Lipinski definition) is 0. The lowest BCUT2D eigenvalue weighted by atomic mass is 10.3. The zero-order valence-electron chi connectivity index (χ0n) is 6.95. The molecule has 2 aromatic rings. The van der Waals surface area contributed by atoms with Crippen molar-refractivity contribution in [3.63, 3.8) is 0 Å². The number of oxazole rings is 1. The van der Waals surface area contributed by atoms with Gasteiger partial charge in [-0.3, -0.25) is 0 Å². The molecule has 2 aromatic heterocycles. The van der Waals surface area contributed by atoms with Crippen LogP contribution in [0.5, 0.6) is 0 Å². The lowest BCUT2D eigenvalue weighted by Gasteiger charge is -1.94. The molecule has 0 aliphatic carbocycles. The van der Waals surface area contributed by atoms with E-state index >= 15 is 0 Å². The van der Waals surface area contributed by atoms with Gasteiger partial charge in [0.1, 0.15) is 5.69 Å². The highest BCUT2D eigenvalue weighted by atomic mass is 35.5. The van der Waals surface area contributed by atoms with E-state index in [1.165, 1.54) is 17.7 Å². The maximum atomic E-state index is 5.70. The van der Waals surface area contributed by atoms with E-state index in [1.807, 2.05) is 6.92 Å². The van der Waals surface area contributed by atoms with Crippen LogP contribution in [0.15, 0.2) is 16.3 Å². The van der Waals surface area contributed by atoms with Gasteiger partial charge in [0.05, 0.1) is 22.0 Å². The molecule has 5 heteroatoms. The molecule has 0 unspecified atom stereocenters. The molecule has 0 aromatic carbocycles. The van der Waals surface area contributed by atoms with Gasteiger partial charge in [-0.05, 0) is 6.92 Å². The van der Waals surface area contributed by atoms with Crippen molar-refractivity contribution in [1.82, 2.24) is 9.97 Å². The Bertz CT molecular complexity index is 410. The van der Waals surface area contributed by atoms with Crippen LogP contribution in [0.1, 0.15) is 11.4 Å². The van der Waals surface area contributed by atoms with Crippen LogP contribution < -0.4 is 0 Å². The predicted molar refractivity (Wildman–Crippen MR) is 51.9 cm³/mol. The van der Waals surface area contributed by atoms with Crippen molar-refractivity contribution in [3.05, 3.63) is 23.3 Å². The number of nitrogens with zero attached hydrogens (tertiary/aromatic N) is 2. The SMILES string of the molecule is Cc1ncsc1-c1ocnc1CCl. The Kier molecular flexibility index (Phi) is 2.33. The Morgan fingerprint density at radius 2 is 2.38 bits per heavy atom. The quantitative estimate of drug-likeness (QED) is 0.722. The molecule has 2 rings (SSSR count). The van der Waals surface area contributed by atoms with Crippen LogP contribution in [-0.4, -0.2) is 9.97 Å². The molecular formula is C8H7ClN2OS. The van der Waals surface area contributed by atoms with E-state index in [1.54, 1.807) is 5.51 Å². The van der Waals surface area contributed by atoms with E-state index in [9.17, 15) is 0 Å². The highest BCUT2D eigenvalue weighted by Gasteiger charge is 2.13. The van der Waals surface area contributed by atoms with E-state index < -0.39 is 0 Å². The second-order valence-corrected chi connectivity index (χ2v) is 3.65. The summed E-state index contributed by atoms with van der Waals surface area (Å²) in [7, 11) is 0. The third-order valence-corrected chi connectivity index (χ3v) is 2.90. The largest absolute Gasteiger partial charge is 0.442 e. The number of aromatic nitrogens is 2. The Balaban J connectivity index is 2.52. The molecule has 2 heterocycles. The molecule has 13 heavy (non-hydrogen) atoms. The fraction of sp³-hybridized carbons (Fsp3) is 0.250. The van der Waals surface area contributed by atoms with E-state index in [0.717, 1.165) is 22.0 Å². The minimum Gasteiger partial charge on any atom is -0.442 e. The summed E-state index contributed by atoms with van der Waals surface area (Å²) >= 11 is 7.24. The van der Waals surface area contributed by atoms with Gasteiger partial charge in [0.15, 0.2) is 12.2 Å². The Morgan fingerprint density at radius 1 is 1.54 bits per heavy atom. The number of aryl methyl sites for hydroxylation is 1. The molecule has 0 amide bonds. The number of hydrogen-bond acceptors (Lipinski definition) is 4. The number of halogens is 1. The summed E-state index contributed by atoms with van der Waals surface area (Å²) in [6.07, 6.45) is 1.41. The van der Waals surface area contributed by atoms with Gasteiger partial charge in [-0.15, -0.1) is 22.9 Å². The van der Waals surface area contributed by atoms with Gasteiger partial charge in [-0.1, -0.05) is 0 Å². The molecule has 0 aliphatic heterocycles. The maximum absolute atomic E-state index is 5.70. The van der Waals surface area contributed by atoms with Gasteiger partial charge in [0, 0.05) is 0 Å². The van der Waals surface area contributed by atoms with Crippen molar-refractivity contribution in [2.24, 2.45) is 0 Å². The first-order valence-electron chi connectivity index (χ1n) is 3.71. The van der Waals surface area contributed by atoms with Crippen molar-refractivity contribution in [1.29, 1.82) is 0 Å². The third kappa shape index (κ3) is 1.47. The minimum absolute atomic E-state index is 0.364. The Labute approximate surface area is 84.4 Å². The van der Waals surface area contributed by atoms with Crippen molar-refractivity contribution in [3.8, 4) is 10.6 Å². The fourth-order valence-corrected chi connectivity index (χ4v) is 2.07. The molecule has 68 valence electrons. The second kappa shape index (κ2) is 3.47. The monoisotopic (exact) mass is 214 g/mol. The first kappa shape index (κ1) is 8.72. The van der Waals surface area contributed by atoms with Gasteiger partial charge in [-0.2, -0.15) is 0 Å². The molecule has 0 fully saturated rings. The van der Waals surface area contributed by atoms with E-state index in [4.69, 9.17) is 16.0 Å². The summed E-state index contributed by atoms with van der Waals surface area (Å²) in [5, 5.41) is 0. The van der Waals surface area contributed by atoms with Crippen molar-refractivity contribution in [2.45, 2.75) is 12.8 Å². The van der Waals surface area contributed by atoms with E-state index in [0.29, 0.717) is 5.88 Å². The number of rotatable bonds is 2. The van der Waals surface area contributed by atoms with Gasteiger partial charge in [0.2, 0.25) is 0 Å². The molecule has 0 radical (unpaired) electrons. The number of alkyl halides is 1. The molecule has 0 N–H and O–H groups in total. The van der Waals surface area contributed by atoms with Gasteiger partial charge in [0.25, 0.3) is 0 Å². The van der Waals surface area contributed by atoms with Crippen molar-refractivity contribution in [2.75, 3.05) is 0 Å². The molecule has 3 nitrogen and oxygen atoms in total. The van der Waals surface area contributed by atoms with E-state index in [2.05, 4.69) is 9.97 Å². The molecule has 0 saturated heterocycles. The first-order chi connectivity index (χ1) is 6.33. The van der Waals surface area contributed by atoms with Gasteiger partial charge in [-0.25, -0.2) is 9.97 Å². The van der Waals surface area contributed by atoms with Crippen LogP contribution in [0.3, 0.4) is 0 Å². The Hall–Kier alpha value is -0.870. The average molecular weight is 215 g/mol. The predicted octanol–water partition coefficient (Wildman–Crippen LogP) is 2.85. The van der Waals surface area contributed by atoms with Crippen LogP contribution in [-0.2, 0) is 5.88 Å². The summed E-state index contributed by atoms with van der Waals surface area (Å²) in [6.45, 7) is 1.94. The molecule has 0 atom stereocenters. The normalized spacial score (nSPS) is 10.6. The zero-order valence-corrected chi connectivity index (χ0v) is 8.52.